The van der Waals surface area contributed by atoms with E-state index in [1.165, 1.54) is 6.08 Å². The van der Waals surface area contributed by atoms with Crippen molar-refractivity contribution in [3.63, 3.8) is 0 Å². The molecule has 0 bridgehead atoms. The lowest BCUT2D eigenvalue weighted by Crippen LogP contribution is -1.96. The van der Waals surface area contributed by atoms with Crippen molar-refractivity contribution in [1.29, 1.82) is 0 Å². The van der Waals surface area contributed by atoms with Gasteiger partial charge in [0.05, 0.1) is 19.6 Å². The smallest absolute Gasteiger partial charge is 0.327 e. The number of carboxylic acid groups (broad SMARTS) is 3. The van der Waals surface area contributed by atoms with Gasteiger partial charge in [-0.3, -0.25) is 9.59 Å². The summed E-state index contributed by atoms with van der Waals surface area (Å²) >= 11 is 0. The van der Waals surface area contributed by atoms with Crippen LogP contribution in [0, 0.1) is 9.93 Å². The molecule has 0 saturated carbocycles. The molecule has 5 N–H and O–H groups in total. The van der Waals surface area contributed by atoms with Crippen LogP contribution in [0.3, 0.4) is 0 Å². The van der Waals surface area contributed by atoms with Gasteiger partial charge in [0.2, 0.25) is 0 Å². The third-order valence-electron chi connectivity index (χ3n) is 0.932. The van der Waals surface area contributed by atoms with Gasteiger partial charge in [-0.15, -0.1) is 6.58 Å². The molecular formula is C12H22O10. The molecule has 0 aromatic carbocycles. The van der Waals surface area contributed by atoms with Gasteiger partial charge in [-0.25, -0.2) is 4.79 Å². The molecular weight excluding hydrogens is 304 g/mol. The van der Waals surface area contributed by atoms with Gasteiger partial charge in [-0.2, -0.15) is 0 Å². The van der Waals surface area contributed by atoms with Crippen LogP contribution < -0.4 is 0 Å². The Bertz CT molecular complexity index is 288. The number of aliphatic hydroxyl groups is 2. The van der Waals surface area contributed by atoms with Gasteiger partial charge >= 0.3 is 17.9 Å². The first kappa shape index (κ1) is 31.7. The highest BCUT2D eigenvalue weighted by Crippen LogP contribution is 1.70. The molecule has 22 heavy (non-hydrogen) atoms. The van der Waals surface area contributed by atoms with E-state index >= 15 is 0 Å². The summed E-state index contributed by atoms with van der Waals surface area (Å²) in [6.45, 7) is 7.60. The summed E-state index contributed by atoms with van der Waals surface area (Å²) in [5.74, 6) is -2.69. The van der Waals surface area contributed by atoms with Gasteiger partial charge in [0.25, 0.3) is 0 Å². The van der Waals surface area contributed by atoms with Crippen molar-refractivity contribution in [1.82, 2.24) is 0 Å². The molecule has 0 aliphatic heterocycles. The highest BCUT2D eigenvalue weighted by atomic mass is 16.7. The molecule has 0 atom stereocenters. The van der Waals surface area contributed by atoms with Crippen molar-refractivity contribution in [3.8, 4) is 0 Å². The van der Waals surface area contributed by atoms with Crippen LogP contribution in [0.5, 0.6) is 0 Å². The predicted molar refractivity (Wildman–Crippen MR) is 79.1 cm³/mol. The number of aliphatic hydroxyl groups excluding tert-OH is 2. The summed E-state index contributed by atoms with van der Waals surface area (Å²) in [6.07, 6.45) is 2.33. The number of aliphatic carboxylic acids is 3. The molecule has 10 nitrogen and oxygen atoms in total. The minimum Gasteiger partial charge on any atom is -0.481 e. The van der Waals surface area contributed by atoms with Crippen LogP contribution in [0.2, 0.25) is 0 Å². The van der Waals surface area contributed by atoms with Gasteiger partial charge in [0.15, 0.2) is 0 Å². The highest BCUT2D eigenvalue weighted by Gasteiger charge is 1.88. The van der Waals surface area contributed by atoms with E-state index in [-0.39, 0.29) is 26.1 Å². The van der Waals surface area contributed by atoms with Crippen molar-refractivity contribution in [3.05, 3.63) is 35.2 Å². The van der Waals surface area contributed by atoms with Crippen molar-refractivity contribution < 1.29 is 39.9 Å². The van der Waals surface area contributed by atoms with Crippen LogP contribution in [0.25, 0.3) is 0 Å². The van der Waals surface area contributed by atoms with E-state index in [0.29, 0.717) is 0 Å². The molecule has 0 aliphatic carbocycles. The van der Waals surface area contributed by atoms with Crippen LogP contribution in [-0.4, -0.2) is 56.7 Å². The van der Waals surface area contributed by atoms with Gasteiger partial charge in [0.1, 0.15) is 0 Å². The number of hydrogen-bond acceptors (Lipinski definition) is 7. The van der Waals surface area contributed by atoms with Crippen molar-refractivity contribution in [2.24, 2.45) is 0 Å². The summed E-state index contributed by atoms with van der Waals surface area (Å²) in [4.78, 5) is 42.1. The molecule has 0 unspecified atom stereocenters. The van der Waals surface area contributed by atoms with Crippen molar-refractivity contribution in [2.45, 2.75) is 19.8 Å². The average molecular weight is 326 g/mol. The molecule has 0 aliphatic rings. The third-order valence-corrected chi connectivity index (χ3v) is 0.932. The Morgan fingerprint density at radius 3 is 1.23 bits per heavy atom. The fourth-order valence-electron chi connectivity index (χ4n) is 0.0956. The summed E-state index contributed by atoms with van der Waals surface area (Å²) in [6, 6.07) is 0. The fraction of sp³-hybridized carbons (Fsp3) is 0.417. The minimum atomic E-state index is -0.981. The lowest BCUT2D eigenvalue weighted by molar-refractivity contribution is -0.138. The summed E-state index contributed by atoms with van der Waals surface area (Å²) in [7, 11) is 0. The van der Waals surface area contributed by atoms with Crippen LogP contribution in [0.15, 0.2) is 25.3 Å². The Labute approximate surface area is 127 Å². The zero-order valence-corrected chi connectivity index (χ0v) is 12.2. The molecule has 0 saturated heterocycles. The Balaban J connectivity index is -0.0000000567. The first-order valence-electron chi connectivity index (χ1n) is 5.51. The molecule has 0 spiro atoms. The van der Waals surface area contributed by atoms with Gasteiger partial charge in [0, 0.05) is 22.4 Å². The summed E-state index contributed by atoms with van der Waals surface area (Å²) in [5, 5.41) is 38.7. The maximum Gasteiger partial charge on any atom is 0.327 e. The highest BCUT2D eigenvalue weighted by molar-refractivity contribution is 5.78. The van der Waals surface area contributed by atoms with E-state index in [1.54, 1.807) is 6.92 Å². The zero-order valence-electron chi connectivity index (χ0n) is 12.2. The zero-order chi connectivity index (χ0) is 19.0. The molecule has 10 heteroatoms. The van der Waals surface area contributed by atoms with Crippen LogP contribution in [0.1, 0.15) is 19.8 Å². The quantitative estimate of drug-likeness (QED) is 0.350. The van der Waals surface area contributed by atoms with Crippen LogP contribution in [0.4, 0.5) is 0 Å². The molecule has 0 amide bonds. The van der Waals surface area contributed by atoms with Gasteiger partial charge in [-0.05, 0) is 0 Å². The molecule has 0 radical (unpaired) electrons. The number of rotatable bonds is 5. The van der Waals surface area contributed by atoms with E-state index in [1.807, 2.05) is 0 Å². The standard InChI is InChI=1S/C3H6O3.C3H6O2.C3H4O2.C3H6O.O2/c4-2-1-3(5)6;2*1-2-3(4)5;1-2-3-4;1-2/h4H,1-2H2,(H,5,6);2H2,1H3,(H,4,5);2H,1H2,(H,4,5);2,4H,1,3H2;. The summed E-state index contributed by atoms with van der Waals surface area (Å²) in [5.41, 5.74) is 0. The number of carbonyl (C=O) groups is 3. The monoisotopic (exact) mass is 326 g/mol. The molecule has 0 heterocycles. The first-order chi connectivity index (χ1) is 10.2. The third kappa shape index (κ3) is 160. The molecule has 0 aromatic heterocycles. The second-order valence-corrected chi connectivity index (χ2v) is 2.63. The predicted octanol–water partition coefficient (Wildman–Crippen LogP) is 0.423. The number of hydrogen-bond donors (Lipinski definition) is 5. The summed E-state index contributed by atoms with van der Waals surface area (Å²) < 4.78 is 0. The Morgan fingerprint density at radius 2 is 1.23 bits per heavy atom. The lowest BCUT2D eigenvalue weighted by Gasteiger charge is -1.79. The molecule has 0 aromatic rings. The SMILES string of the molecule is C=CC(=O)O.C=CCO.CCC(=O)O.O=C(O)CCO.O=O. The van der Waals surface area contributed by atoms with E-state index in [0.717, 1.165) is 6.08 Å². The second kappa shape index (κ2) is 36.2. The molecule has 130 valence electrons. The second-order valence-electron chi connectivity index (χ2n) is 2.63. The topological polar surface area (TPSA) is 186 Å². The van der Waals surface area contributed by atoms with Crippen molar-refractivity contribution >= 4 is 17.9 Å². The lowest BCUT2D eigenvalue weighted by atomic mass is 10.5. The van der Waals surface area contributed by atoms with E-state index in [4.69, 9.17) is 35.5 Å². The van der Waals surface area contributed by atoms with E-state index in [2.05, 4.69) is 13.2 Å². The van der Waals surface area contributed by atoms with E-state index < -0.39 is 17.9 Å². The average Bonchev–Trinajstić information content (AvgIpc) is 2.50. The maximum atomic E-state index is 9.44. The Kier molecular flexibility index (Phi) is 52.2. The maximum absolute atomic E-state index is 9.44. The fourth-order valence-corrected chi connectivity index (χ4v) is 0.0956. The Hall–Kier alpha value is -2.59. The number of carboxylic acids is 3. The first-order valence-corrected chi connectivity index (χ1v) is 5.51. The van der Waals surface area contributed by atoms with Crippen LogP contribution >= 0.6 is 0 Å². The minimum absolute atomic E-state index is 0.0833. The normalized spacial score (nSPS) is 6.68. The molecule has 0 fully saturated rings. The van der Waals surface area contributed by atoms with Crippen LogP contribution in [-0.2, 0) is 14.4 Å². The Morgan fingerprint density at radius 1 is 0.955 bits per heavy atom. The van der Waals surface area contributed by atoms with E-state index in [9.17, 15) is 14.4 Å². The largest absolute Gasteiger partial charge is 0.481 e. The van der Waals surface area contributed by atoms with Gasteiger partial charge in [-0.1, -0.05) is 19.6 Å². The van der Waals surface area contributed by atoms with Gasteiger partial charge < -0.3 is 25.5 Å². The van der Waals surface area contributed by atoms with Crippen molar-refractivity contribution in [2.75, 3.05) is 13.2 Å². The molecule has 0 rings (SSSR count).